The van der Waals surface area contributed by atoms with Gasteiger partial charge in [0.1, 0.15) is 5.82 Å². The van der Waals surface area contributed by atoms with E-state index in [0.717, 1.165) is 53.3 Å². The largest absolute Gasteiger partial charge is 0.366 e. The van der Waals surface area contributed by atoms with Crippen molar-refractivity contribution in [2.24, 2.45) is 0 Å². The van der Waals surface area contributed by atoms with E-state index in [9.17, 15) is 0 Å². The highest BCUT2D eigenvalue weighted by molar-refractivity contribution is 5.82. The first-order valence-electron chi connectivity index (χ1n) is 10.9. The van der Waals surface area contributed by atoms with E-state index in [-0.39, 0.29) is 0 Å². The highest BCUT2D eigenvalue weighted by atomic mass is 15.2. The molecule has 4 aromatic rings. The summed E-state index contributed by atoms with van der Waals surface area (Å²) in [5.41, 5.74) is 6.75. The smallest absolute Gasteiger partial charge is 0.161 e. The monoisotopic (exact) mass is 425 g/mol. The van der Waals surface area contributed by atoms with Crippen LogP contribution in [0.25, 0.3) is 22.3 Å². The molecule has 2 aromatic heterocycles. The number of nitrogens with zero attached hydrogens (tertiary/aromatic N) is 4. The molecule has 0 amide bonds. The fraction of sp³-hybridized carbons (Fsp3) is 0.240. The van der Waals surface area contributed by atoms with Crippen molar-refractivity contribution < 1.29 is 0 Å². The normalized spacial score (nSPS) is 13.0. The summed E-state index contributed by atoms with van der Waals surface area (Å²) < 4.78 is 0. The van der Waals surface area contributed by atoms with Crippen molar-refractivity contribution in [2.45, 2.75) is 33.0 Å². The van der Waals surface area contributed by atoms with E-state index in [1.54, 1.807) is 6.20 Å². The minimum Gasteiger partial charge on any atom is -0.366 e. The van der Waals surface area contributed by atoms with Crippen molar-refractivity contribution in [3.63, 3.8) is 0 Å². The van der Waals surface area contributed by atoms with Crippen molar-refractivity contribution in [3.05, 3.63) is 78.3 Å². The molecule has 0 bridgehead atoms. The fourth-order valence-electron chi connectivity index (χ4n) is 3.93. The highest BCUT2D eigenvalue weighted by Crippen LogP contribution is 2.29. The fourth-order valence-corrected chi connectivity index (χ4v) is 3.93. The van der Waals surface area contributed by atoms with Crippen LogP contribution in [0.15, 0.2) is 67.1 Å². The number of fused-ring (bicyclic) bond motifs is 2. The predicted molar refractivity (Wildman–Crippen MR) is 128 cm³/mol. The lowest BCUT2D eigenvalue weighted by atomic mass is 10.1. The first-order chi connectivity index (χ1) is 15.5. The van der Waals surface area contributed by atoms with Crippen molar-refractivity contribution in [3.8, 4) is 11.4 Å². The van der Waals surface area contributed by atoms with Crippen molar-refractivity contribution in [1.29, 1.82) is 0 Å². The molecule has 5 rings (SSSR count). The summed E-state index contributed by atoms with van der Waals surface area (Å²) in [4.78, 5) is 11.6. The first-order valence-corrected chi connectivity index (χ1v) is 10.9. The maximum absolute atomic E-state index is 4.75. The summed E-state index contributed by atoms with van der Waals surface area (Å²) in [6.07, 6.45) is 3.60. The summed E-state index contributed by atoms with van der Waals surface area (Å²) in [5, 5.41) is 14.9. The molecule has 2 aromatic carbocycles. The molecule has 0 unspecified atom stereocenters. The van der Waals surface area contributed by atoms with Crippen LogP contribution in [-0.4, -0.2) is 37.7 Å². The Kier molecular flexibility index (Phi) is 5.33. The van der Waals surface area contributed by atoms with Gasteiger partial charge in [0.2, 0.25) is 0 Å². The third-order valence-electron chi connectivity index (χ3n) is 5.72. The number of aromatic amines is 1. The van der Waals surface area contributed by atoms with Gasteiger partial charge in [0, 0.05) is 54.2 Å². The molecule has 3 N–H and O–H groups in total. The molecule has 7 nitrogen and oxygen atoms in total. The molecule has 32 heavy (non-hydrogen) atoms. The van der Waals surface area contributed by atoms with Crippen LogP contribution in [-0.2, 0) is 13.1 Å². The Balaban J connectivity index is 1.32. The molecule has 0 spiro atoms. The van der Waals surface area contributed by atoms with E-state index >= 15 is 0 Å². The van der Waals surface area contributed by atoms with Crippen LogP contribution in [0.5, 0.6) is 0 Å². The second kappa shape index (κ2) is 8.43. The molecule has 0 atom stereocenters. The standard InChI is InChI=1S/C25H27N7/c1-16(2)27-12-17(3)32-14-19-5-4-18(10-21(19)15-32)25-26-9-8-24(30-25)29-22-6-7-23-20(11-22)13-28-31-23/h4-11,13,16,27H,3,12,14-15H2,1-2H3,(H,28,31)(H,26,29,30). The molecule has 0 fully saturated rings. The Morgan fingerprint density at radius 1 is 1.12 bits per heavy atom. The zero-order valence-corrected chi connectivity index (χ0v) is 18.4. The number of rotatable bonds is 7. The number of anilines is 2. The molecule has 162 valence electrons. The van der Waals surface area contributed by atoms with E-state index in [1.807, 2.05) is 30.5 Å². The number of hydrogen-bond acceptors (Lipinski definition) is 6. The quantitative estimate of drug-likeness (QED) is 0.402. The van der Waals surface area contributed by atoms with Crippen LogP contribution < -0.4 is 10.6 Å². The third kappa shape index (κ3) is 4.20. The minimum absolute atomic E-state index is 0.447. The molecular weight excluding hydrogens is 398 g/mol. The molecule has 0 aliphatic carbocycles. The zero-order valence-electron chi connectivity index (χ0n) is 18.4. The van der Waals surface area contributed by atoms with Crippen molar-refractivity contribution in [2.75, 3.05) is 11.9 Å². The first kappa shape index (κ1) is 20.2. The van der Waals surface area contributed by atoms with Gasteiger partial charge in [-0.05, 0) is 41.5 Å². The molecule has 1 aliphatic heterocycles. The van der Waals surface area contributed by atoms with E-state index in [0.29, 0.717) is 11.9 Å². The molecule has 0 saturated heterocycles. The van der Waals surface area contributed by atoms with Crippen LogP contribution in [0.3, 0.4) is 0 Å². The zero-order chi connectivity index (χ0) is 22.1. The molecule has 0 saturated carbocycles. The van der Waals surface area contributed by atoms with Crippen molar-refractivity contribution in [1.82, 2.24) is 30.4 Å². The van der Waals surface area contributed by atoms with Crippen LogP contribution >= 0.6 is 0 Å². The maximum Gasteiger partial charge on any atom is 0.161 e. The number of benzene rings is 2. The van der Waals surface area contributed by atoms with Crippen LogP contribution in [0.4, 0.5) is 11.5 Å². The topological polar surface area (TPSA) is 81.8 Å². The van der Waals surface area contributed by atoms with E-state index in [2.05, 4.69) is 69.3 Å². The lowest BCUT2D eigenvalue weighted by Crippen LogP contribution is -2.30. The van der Waals surface area contributed by atoms with Gasteiger partial charge in [-0.1, -0.05) is 32.6 Å². The van der Waals surface area contributed by atoms with Crippen LogP contribution in [0.2, 0.25) is 0 Å². The highest BCUT2D eigenvalue weighted by Gasteiger charge is 2.21. The Hall–Kier alpha value is -3.71. The lowest BCUT2D eigenvalue weighted by Gasteiger charge is -2.21. The molecule has 3 heterocycles. The Morgan fingerprint density at radius 3 is 2.88 bits per heavy atom. The van der Waals surface area contributed by atoms with Gasteiger partial charge in [-0.3, -0.25) is 5.10 Å². The molecule has 7 heteroatoms. The average Bonchev–Trinajstić information content (AvgIpc) is 3.43. The van der Waals surface area contributed by atoms with Gasteiger partial charge < -0.3 is 15.5 Å². The summed E-state index contributed by atoms with van der Waals surface area (Å²) in [5.74, 6) is 1.47. The van der Waals surface area contributed by atoms with Gasteiger partial charge in [-0.2, -0.15) is 5.10 Å². The minimum atomic E-state index is 0.447. The second-order valence-electron chi connectivity index (χ2n) is 8.50. The molecule has 1 aliphatic rings. The summed E-state index contributed by atoms with van der Waals surface area (Å²) in [6.45, 7) is 11.1. The van der Waals surface area contributed by atoms with Gasteiger partial charge >= 0.3 is 0 Å². The summed E-state index contributed by atoms with van der Waals surface area (Å²) >= 11 is 0. The summed E-state index contributed by atoms with van der Waals surface area (Å²) in [6, 6.07) is 14.9. The number of hydrogen-bond donors (Lipinski definition) is 3. The van der Waals surface area contributed by atoms with Gasteiger partial charge in [-0.15, -0.1) is 0 Å². The van der Waals surface area contributed by atoms with Gasteiger partial charge in [0.25, 0.3) is 0 Å². The molecular formula is C25H27N7. The second-order valence-corrected chi connectivity index (χ2v) is 8.50. The number of H-pyrrole nitrogens is 1. The maximum atomic E-state index is 4.75. The Morgan fingerprint density at radius 2 is 2.00 bits per heavy atom. The van der Waals surface area contributed by atoms with Crippen molar-refractivity contribution >= 4 is 22.4 Å². The number of nitrogens with one attached hydrogen (secondary N) is 3. The van der Waals surface area contributed by atoms with Gasteiger partial charge in [-0.25, -0.2) is 9.97 Å². The van der Waals surface area contributed by atoms with E-state index in [1.165, 1.54) is 11.1 Å². The Bertz CT molecular complexity index is 1270. The SMILES string of the molecule is C=C(CNC(C)C)N1Cc2ccc(-c3nccc(Nc4ccc5[nH]ncc5c4)n3)cc2C1. The third-order valence-corrected chi connectivity index (χ3v) is 5.72. The Labute approximate surface area is 187 Å². The van der Waals surface area contributed by atoms with Crippen LogP contribution in [0, 0.1) is 0 Å². The average molecular weight is 426 g/mol. The number of aromatic nitrogens is 4. The summed E-state index contributed by atoms with van der Waals surface area (Å²) in [7, 11) is 0. The van der Waals surface area contributed by atoms with Gasteiger partial charge in [0.05, 0.1) is 11.7 Å². The van der Waals surface area contributed by atoms with E-state index in [4.69, 9.17) is 4.98 Å². The predicted octanol–water partition coefficient (Wildman–Crippen LogP) is 4.59. The molecule has 0 radical (unpaired) electrons. The van der Waals surface area contributed by atoms with Crippen LogP contribution in [0.1, 0.15) is 25.0 Å². The van der Waals surface area contributed by atoms with Gasteiger partial charge in [0.15, 0.2) is 5.82 Å². The van der Waals surface area contributed by atoms with E-state index < -0.39 is 0 Å². The lowest BCUT2D eigenvalue weighted by molar-refractivity contribution is 0.348.